The molecule has 2 aliphatic heterocycles. The summed E-state index contributed by atoms with van der Waals surface area (Å²) in [6.45, 7) is 6.66. The van der Waals surface area contributed by atoms with E-state index < -0.39 is 5.60 Å². The lowest BCUT2D eigenvalue weighted by Crippen LogP contribution is -2.42. The Hall–Kier alpha value is -1.48. The Balaban J connectivity index is 1.76. The van der Waals surface area contributed by atoms with Crippen molar-refractivity contribution in [2.45, 2.75) is 69.4 Å². The van der Waals surface area contributed by atoms with E-state index in [2.05, 4.69) is 10.6 Å². The molecule has 3 amide bonds. The first-order valence-electron chi connectivity index (χ1n) is 10.4. The van der Waals surface area contributed by atoms with Crippen LogP contribution in [0.15, 0.2) is 0 Å². The van der Waals surface area contributed by atoms with E-state index in [0.29, 0.717) is 24.8 Å². The Morgan fingerprint density at radius 1 is 1.17 bits per heavy atom. The van der Waals surface area contributed by atoms with Crippen molar-refractivity contribution < 1.29 is 19.1 Å². The summed E-state index contributed by atoms with van der Waals surface area (Å²) in [5, 5.41) is 6.35. The topological polar surface area (TPSA) is 91.0 Å². The highest BCUT2D eigenvalue weighted by Crippen LogP contribution is 2.33. The van der Waals surface area contributed by atoms with Crippen LogP contribution < -0.4 is 10.6 Å². The molecule has 8 nitrogen and oxygen atoms in total. The Labute approximate surface area is 178 Å². The highest BCUT2D eigenvalue weighted by molar-refractivity contribution is 8.00. The van der Waals surface area contributed by atoms with E-state index in [0.717, 1.165) is 25.0 Å². The molecule has 2 heterocycles. The maximum absolute atomic E-state index is 12.7. The number of urea groups is 1. The standard InChI is InChI=1S/C20H36N4O4S/c1-20(2,3)28-17(26)12-24(11-10-23(4)5)16(25)9-7-6-8-15-18-14(13-29-15)21-19(27)22-18/h14-15,18H,6-13H2,1-5H3,(H2,21,22,27)/t14-,15-,18-/m0/s1. The molecule has 2 N–H and O–H groups in total. The largest absolute Gasteiger partial charge is 0.459 e. The van der Waals surface area contributed by atoms with Gasteiger partial charge >= 0.3 is 12.0 Å². The number of rotatable bonds is 10. The summed E-state index contributed by atoms with van der Waals surface area (Å²) in [7, 11) is 3.89. The smallest absolute Gasteiger partial charge is 0.326 e. The maximum Gasteiger partial charge on any atom is 0.326 e. The third-order valence-electron chi connectivity index (χ3n) is 4.98. The average Bonchev–Trinajstić information content (AvgIpc) is 3.12. The summed E-state index contributed by atoms with van der Waals surface area (Å²) < 4.78 is 5.38. The lowest BCUT2D eigenvalue weighted by Gasteiger charge is -2.26. The Morgan fingerprint density at radius 3 is 2.55 bits per heavy atom. The first kappa shape index (κ1) is 23.8. The van der Waals surface area contributed by atoms with Crippen molar-refractivity contribution in [3.63, 3.8) is 0 Å². The molecule has 0 aliphatic carbocycles. The number of hydrogen-bond acceptors (Lipinski definition) is 6. The zero-order valence-electron chi connectivity index (χ0n) is 18.3. The van der Waals surface area contributed by atoms with Crippen LogP contribution in [0.5, 0.6) is 0 Å². The van der Waals surface area contributed by atoms with Crippen molar-refractivity contribution in [3.05, 3.63) is 0 Å². The number of hydrogen-bond donors (Lipinski definition) is 2. The van der Waals surface area contributed by atoms with Crippen molar-refractivity contribution in [2.24, 2.45) is 0 Å². The van der Waals surface area contributed by atoms with Crippen LogP contribution >= 0.6 is 11.8 Å². The fourth-order valence-electron chi connectivity index (χ4n) is 3.57. The molecule has 0 radical (unpaired) electrons. The van der Waals surface area contributed by atoms with Gasteiger partial charge in [-0.3, -0.25) is 9.59 Å². The third-order valence-corrected chi connectivity index (χ3v) is 6.49. The number of nitrogens with one attached hydrogen (secondary N) is 2. The molecule has 2 saturated heterocycles. The average molecular weight is 429 g/mol. The monoisotopic (exact) mass is 428 g/mol. The second-order valence-corrected chi connectivity index (χ2v) is 10.3. The predicted octanol–water partition coefficient (Wildman–Crippen LogP) is 1.44. The van der Waals surface area contributed by atoms with Gasteiger partial charge < -0.3 is 25.2 Å². The van der Waals surface area contributed by atoms with Crippen molar-refractivity contribution in [1.82, 2.24) is 20.4 Å². The number of ether oxygens (including phenoxy) is 1. The fourth-order valence-corrected chi connectivity index (χ4v) is 5.11. The van der Waals surface area contributed by atoms with Crippen LogP contribution in [0.25, 0.3) is 0 Å². The van der Waals surface area contributed by atoms with Crippen LogP contribution in [0.2, 0.25) is 0 Å². The Bertz CT molecular complexity index is 594. The maximum atomic E-state index is 12.7. The number of fused-ring (bicyclic) bond motifs is 1. The molecule has 0 aromatic heterocycles. The SMILES string of the molecule is CN(C)CCN(CC(=O)OC(C)(C)C)C(=O)CCCC[C@@H]1SC[C@@H]2NC(=O)N[C@@H]21. The van der Waals surface area contributed by atoms with E-state index in [-0.39, 0.29) is 36.5 Å². The van der Waals surface area contributed by atoms with E-state index in [1.807, 2.05) is 51.5 Å². The van der Waals surface area contributed by atoms with E-state index in [1.54, 1.807) is 4.90 Å². The Morgan fingerprint density at radius 2 is 1.90 bits per heavy atom. The van der Waals surface area contributed by atoms with Gasteiger partial charge in [-0.1, -0.05) is 6.42 Å². The van der Waals surface area contributed by atoms with Crippen LogP contribution in [0.4, 0.5) is 4.79 Å². The second kappa shape index (κ2) is 10.5. The summed E-state index contributed by atoms with van der Waals surface area (Å²) in [5.41, 5.74) is -0.561. The highest BCUT2D eigenvalue weighted by atomic mass is 32.2. The zero-order chi connectivity index (χ0) is 21.6. The molecule has 0 aromatic rings. The van der Waals surface area contributed by atoms with Gasteiger partial charge in [-0.05, 0) is 47.7 Å². The molecular weight excluding hydrogens is 392 g/mol. The summed E-state index contributed by atoms with van der Waals surface area (Å²) in [5.74, 6) is 0.564. The number of nitrogens with zero attached hydrogens (tertiary/aromatic N) is 2. The molecule has 2 aliphatic rings. The summed E-state index contributed by atoms with van der Waals surface area (Å²) >= 11 is 1.89. The summed E-state index contributed by atoms with van der Waals surface area (Å²) in [4.78, 5) is 39.9. The van der Waals surface area contributed by atoms with Crippen molar-refractivity contribution in [3.8, 4) is 0 Å². The van der Waals surface area contributed by atoms with Crippen molar-refractivity contribution in [2.75, 3.05) is 39.5 Å². The highest BCUT2D eigenvalue weighted by Gasteiger charge is 2.42. The molecule has 166 valence electrons. The minimum absolute atomic E-state index is 0.00880. The summed E-state index contributed by atoms with van der Waals surface area (Å²) in [6, 6.07) is 0.362. The van der Waals surface area contributed by atoms with Gasteiger partial charge in [-0.15, -0.1) is 0 Å². The van der Waals surface area contributed by atoms with Crippen molar-refractivity contribution >= 4 is 29.7 Å². The Kier molecular flexibility index (Phi) is 8.63. The number of thioether (sulfide) groups is 1. The lowest BCUT2D eigenvalue weighted by molar-refractivity contribution is -0.159. The first-order valence-corrected chi connectivity index (χ1v) is 11.4. The van der Waals surface area contributed by atoms with E-state index in [1.165, 1.54) is 0 Å². The molecular formula is C20H36N4O4S. The first-order chi connectivity index (χ1) is 13.5. The molecule has 2 fully saturated rings. The van der Waals surface area contributed by atoms with Crippen LogP contribution in [0.3, 0.4) is 0 Å². The van der Waals surface area contributed by atoms with Gasteiger partial charge in [0, 0.05) is 30.5 Å². The van der Waals surface area contributed by atoms with Crippen molar-refractivity contribution in [1.29, 1.82) is 0 Å². The van der Waals surface area contributed by atoms with Crippen LogP contribution in [-0.2, 0) is 14.3 Å². The molecule has 0 spiro atoms. The third kappa shape index (κ3) is 8.04. The number of esters is 1. The molecule has 0 unspecified atom stereocenters. The molecule has 0 aromatic carbocycles. The van der Waals surface area contributed by atoms with Gasteiger partial charge in [-0.25, -0.2) is 4.79 Å². The summed E-state index contributed by atoms with van der Waals surface area (Å²) in [6.07, 6.45) is 3.11. The van der Waals surface area contributed by atoms with Crippen LogP contribution in [0, 0.1) is 0 Å². The van der Waals surface area contributed by atoms with E-state index in [4.69, 9.17) is 4.74 Å². The minimum atomic E-state index is -0.561. The fraction of sp³-hybridized carbons (Fsp3) is 0.850. The number of carbonyl (C=O) groups excluding carboxylic acids is 3. The van der Waals surface area contributed by atoms with E-state index in [9.17, 15) is 14.4 Å². The van der Waals surface area contributed by atoms with Crippen LogP contribution in [0.1, 0.15) is 46.5 Å². The number of amides is 3. The van der Waals surface area contributed by atoms with Gasteiger partial charge in [0.15, 0.2) is 0 Å². The van der Waals surface area contributed by atoms with Gasteiger partial charge in [0.1, 0.15) is 12.1 Å². The predicted molar refractivity (Wildman–Crippen MR) is 115 cm³/mol. The van der Waals surface area contributed by atoms with Gasteiger partial charge in [-0.2, -0.15) is 11.8 Å². The minimum Gasteiger partial charge on any atom is -0.459 e. The number of likely N-dealkylation sites (N-methyl/N-ethyl adjacent to an activating group) is 1. The quantitative estimate of drug-likeness (QED) is 0.311. The molecule has 9 heteroatoms. The molecule has 0 saturated carbocycles. The second-order valence-electron chi connectivity index (χ2n) is 9.07. The van der Waals surface area contributed by atoms with Crippen LogP contribution in [-0.4, -0.2) is 90.1 Å². The normalized spacial score (nSPS) is 23.5. The van der Waals surface area contributed by atoms with Gasteiger partial charge in [0.25, 0.3) is 0 Å². The van der Waals surface area contributed by atoms with E-state index >= 15 is 0 Å². The van der Waals surface area contributed by atoms with Gasteiger partial charge in [0.2, 0.25) is 5.91 Å². The number of carbonyl (C=O) groups is 3. The lowest BCUT2D eigenvalue weighted by atomic mass is 10.0. The molecule has 0 bridgehead atoms. The van der Waals surface area contributed by atoms with Gasteiger partial charge in [0.05, 0.1) is 12.1 Å². The molecule has 29 heavy (non-hydrogen) atoms. The number of unbranched alkanes of at least 4 members (excludes halogenated alkanes) is 1. The zero-order valence-corrected chi connectivity index (χ0v) is 19.1. The molecule has 2 rings (SSSR count). The molecule has 3 atom stereocenters.